The molecule has 0 atom stereocenters. The number of fused-ring (bicyclic) bond motifs is 1. The summed E-state index contributed by atoms with van der Waals surface area (Å²) < 4.78 is 38.1. The van der Waals surface area contributed by atoms with Gasteiger partial charge in [-0.05, 0) is 58.0 Å². The molecule has 0 aliphatic carbocycles. The third-order valence-electron chi connectivity index (χ3n) is 5.45. The van der Waals surface area contributed by atoms with Gasteiger partial charge in [-0.15, -0.1) is 0 Å². The maximum absolute atomic E-state index is 12.7. The van der Waals surface area contributed by atoms with Crippen LogP contribution in [0.5, 0.6) is 0 Å². The number of nitrogens with zero attached hydrogens (tertiary/aromatic N) is 1. The van der Waals surface area contributed by atoms with Gasteiger partial charge in [0.15, 0.2) is 0 Å². The van der Waals surface area contributed by atoms with Crippen LogP contribution in [0.25, 0.3) is 21.9 Å². The minimum atomic E-state index is -4.42. The van der Waals surface area contributed by atoms with Gasteiger partial charge in [0.1, 0.15) is 0 Å². The Labute approximate surface area is 192 Å². The van der Waals surface area contributed by atoms with Gasteiger partial charge in [-0.1, -0.05) is 36.4 Å². The molecule has 0 aliphatic heterocycles. The van der Waals surface area contributed by atoms with Gasteiger partial charge >= 0.3 is 12.1 Å². The lowest BCUT2D eigenvalue weighted by Gasteiger charge is -2.13. The largest absolute Gasteiger partial charge is 0.478 e. The lowest BCUT2D eigenvalue weighted by atomic mass is 9.95. The number of carboxylic acid groups (broad SMARTS) is 1. The molecule has 0 unspecified atom stereocenters. The fraction of sp³-hybridized carbons (Fsp3) is 0.115. The third-order valence-corrected chi connectivity index (χ3v) is 5.45. The third kappa shape index (κ3) is 5.06. The first-order valence-corrected chi connectivity index (χ1v) is 10.3. The van der Waals surface area contributed by atoms with E-state index in [1.807, 2.05) is 24.3 Å². The molecule has 1 aromatic heterocycles. The Hall–Kier alpha value is -4.20. The van der Waals surface area contributed by atoms with Crippen LogP contribution in [0.1, 0.15) is 27.0 Å². The van der Waals surface area contributed by atoms with Crippen LogP contribution in [0, 0.1) is 0 Å². The van der Waals surface area contributed by atoms with Gasteiger partial charge < -0.3 is 10.4 Å². The molecule has 0 aliphatic rings. The molecule has 1 amide bonds. The summed E-state index contributed by atoms with van der Waals surface area (Å²) in [4.78, 5) is 27.9. The Morgan fingerprint density at radius 1 is 0.941 bits per heavy atom. The Morgan fingerprint density at radius 2 is 1.71 bits per heavy atom. The molecule has 4 aromatic rings. The molecule has 4 rings (SSSR count). The second kappa shape index (κ2) is 9.35. The van der Waals surface area contributed by atoms with Crippen LogP contribution in [0.2, 0.25) is 0 Å². The lowest BCUT2D eigenvalue weighted by molar-refractivity contribution is -0.137. The predicted octanol–water partition coefficient (Wildman–Crippen LogP) is 5.48. The zero-order valence-corrected chi connectivity index (χ0v) is 17.8. The lowest BCUT2D eigenvalue weighted by Crippen LogP contribution is -2.24. The number of carbonyl (C=O) groups excluding carboxylic acids is 1. The minimum absolute atomic E-state index is 0.0472. The monoisotopic (exact) mass is 464 g/mol. The summed E-state index contributed by atoms with van der Waals surface area (Å²) in [5.41, 5.74) is 2.28. The first-order chi connectivity index (χ1) is 16.2. The summed E-state index contributed by atoms with van der Waals surface area (Å²) in [6.07, 6.45) is -1.15. The van der Waals surface area contributed by atoms with Crippen molar-refractivity contribution in [2.45, 2.75) is 19.1 Å². The number of benzene rings is 3. The molecule has 5 nitrogen and oxygen atoms in total. The van der Waals surface area contributed by atoms with Crippen LogP contribution in [0.4, 0.5) is 13.2 Å². The Bertz CT molecular complexity index is 1370. The zero-order valence-electron chi connectivity index (χ0n) is 17.8. The van der Waals surface area contributed by atoms with E-state index < -0.39 is 17.7 Å². The van der Waals surface area contributed by atoms with Crippen LogP contribution in [-0.4, -0.2) is 22.0 Å². The summed E-state index contributed by atoms with van der Waals surface area (Å²) >= 11 is 0. The molecule has 0 bridgehead atoms. The molecule has 0 spiro atoms. The minimum Gasteiger partial charge on any atom is -0.478 e. The number of halogens is 3. The smallest absolute Gasteiger partial charge is 0.416 e. The molecule has 2 N–H and O–H groups in total. The molecular weight excluding hydrogens is 445 g/mol. The van der Waals surface area contributed by atoms with Crippen molar-refractivity contribution in [1.29, 1.82) is 0 Å². The van der Waals surface area contributed by atoms with Crippen molar-refractivity contribution < 1.29 is 27.9 Å². The maximum Gasteiger partial charge on any atom is 0.416 e. The van der Waals surface area contributed by atoms with E-state index in [0.29, 0.717) is 5.56 Å². The van der Waals surface area contributed by atoms with E-state index in [1.165, 1.54) is 18.2 Å². The number of nitrogens with one attached hydrogen (secondary N) is 1. The standard InChI is InChI=1S/C26H19F3N2O3/c27-26(28,29)20-7-4-16(5-8-20)12-24(32)31-14-19-6-9-21(22-10-11-30-15-23(19)22)17-2-1-3-18(13-17)25(33)34/h1-11,13,15H,12,14H2,(H,31,32)(H,33,34). The van der Waals surface area contributed by atoms with Crippen LogP contribution in [-0.2, 0) is 23.9 Å². The normalized spacial score (nSPS) is 11.4. The Kier molecular flexibility index (Phi) is 6.32. The van der Waals surface area contributed by atoms with Gasteiger partial charge in [0.2, 0.25) is 5.91 Å². The second-order valence-corrected chi connectivity index (χ2v) is 7.73. The van der Waals surface area contributed by atoms with Crippen molar-refractivity contribution in [3.63, 3.8) is 0 Å². The average Bonchev–Trinajstić information content (AvgIpc) is 2.82. The van der Waals surface area contributed by atoms with Gasteiger partial charge in [0.05, 0.1) is 17.5 Å². The van der Waals surface area contributed by atoms with E-state index in [2.05, 4.69) is 10.3 Å². The molecule has 0 fully saturated rings. The Morgan fingerprint density at radius 3 is 2.41 bits per heavy atom. The number of aromatic nitrogens is 1. The number of hydrogen-bond donors (Lipinski definition) is 2. The van der Waals surface area contributed by atoms with E-state index in [9.17, 15) is 27.9 Å². The Balaban J connectivity index is 1.52. The molecule has 34 heavy (non-hydrogen) atoms. The molecule has 3 aromatic carbocycles. The molecule has 1 heterocycles. The van der Waals surface area contributed by atoms with E-state index >= 15 is 0 Å². The maximum atomic E-state index is 12.7. The van der Waals surface area contributed by atoms with Gasteiger partial charge in [-0.25, -0.2) is 4.79 Å². The summed E-state index contributed by atoms with van der Waals surface area (Å²) in [5.74, 6) is -1.34. The number of hydrogen-bond acceptors (Lipinski definition) is 3. The number of amides is 1. The molecule has 8 heteroatoms. The number of carboxylic acids is 1. The number of rotatable bonds is 6. The molecule has 172 valence electrons. The van der Waals surface area contributed by atoms with Crippen molar-refractivity contribution in [2.24, 2.45) is 0 Å². The number of alkyl halides is 3. The van der Waals surface area contributed by atoms with Crippen LogP contribution < -0.4 is 5.32 Å². The van der Waals surface area contributed by atoms with Crippen LogP contribution in [0.3, 0.4) is 0 Å². The van der Waals surface area contributed by atoms with Crippen molar-refractivity contribution in [2.75, 3.05) is 0 Å². The molecular formula is C26H19F3N2O3. The summed E-state index contributed by atoms with van der Waals surface area (Å²) in [7, 11) is 0. The fourth-order valence-corrected chi connectivity index (χ4v) is 3.73. The van der Waals surface area contributed by atoms with Crippen molar-refractivity contribution >= 4 is 22.6 Å². The van der Waals surface area contributed by atoms with E-state index in [-0.39, 0.29) is 24.4 Å². The summed E-state index contributed by atoms with van der Waals surface area (Å²) in [6.45, 7) is 0.205. The van der Waals surface area contributed by atoms with E-state index in [4.69, 9.17) is 0 Å². The predicted molar refractivity (Wildman–Crippen MR) is 121 cm³/mol. The highest BCUT2D eigenvalue weighted by Crippen LogP contribution is 2.31. The van der Waals surface area contributed by atoms with Gasteiger partial charge in [-0.2, -0.15) is 13.2 Å². The van der Waals surface area contributed by atoms with Crippen molar-refractivity contribution in [3.05, 3.63) is 101 Å². The molecule has 0 saturated heterocycles. The van der Waals surface area contributed by atoms with Gasteiger partial charge in [0, 0.05) is 24.3 Å². The van der Waals surface area contributed by atoms with Crippen molar-refractivity contribution in [1.82, 2.24) is 10.3 Å². The highest BCUT2D eigenvalue weighted by Gasteiger charge is 2.30. The fourth-order valence-electron chi connectivity index (χ4n) is 3.73. The van der Waals surface area contributed by atoms with Gasteiger partial charge in [0.25, 0.3) is 0 Å². The average molecular weight is 464 g/mol. The van der Waals surface area contributed by atoms with E-state index in [0.717, 1.165) is 39.6 Å². The van der Waals surface area contributed by atoms with Crippen molar-refractivity contribution in [3.8, 4) is 11.1 Å². The van der Waals surface area contributed by atoms with Gasteiger partial charge in [-0.3, -0.25) is 9.78 Å². The first kappa shape index (κ1) is 23.0. The topological polar surface area (TPSA) is 79.3 Å². The number of carbonyl (C=O) groups is 2. The second-order valence-electron chi connectivity index (χ2n) is 7.73. The quantitative estimate of drug-likeness (QED) is 0.396. The molecule has 0 saturated carbocycles. The SMILES string of the molecule is O=C(Cc1ccc(C(F)(F)F)cc1)NCc1ccc(-c2cccc(C(=O)O)c2)c2ccncc12. The first-order valence-electron chi connectivity index (χ1n) is 10.3. The van der Waals surface area contributed by atoms with Crippen LogP contribution in [0.15, 0.2) is 79.1 Å². The molecule has 0 radical (unpaired) electrons. The number of aromatic carboxylic acids is 1. The van der Waals surface area contributed by atoms with Crippen LogP contribution >= 0.6 is 0 Å². The number of pyridine rings is 1. The summed E-state index contributed by atoms with van der Waals surface area (Å²) in [5, 5.41) is 13.7. The zero-order chi connectivity index (χ0) is 24.3. The summed E-state index contributed by atoms with van der Waals surface area (Å²) in [6, 6.07) is 16.7. The highest BCUT2D eigenvalue weighted by molar-refractivity contribution is 5.99. The highest BCUT2D eigenvalue weighted by atomic mass is 19.4. The van der Waals surface area contributed by atoms with E-state index in [1.54, 1.807) is 24.5 Å².